The first kappa shape index (κ1) is 19.5. The number of nitrogens with one attached hydrogen (secondary N) is 1. The van der Waals surface area contributed by atoms with Gasteiger partial charge < -0.3 is 15.0 Å². The zero-order chi connectivity index (χ0) is 18.9. The van der Waals surface area contributed by atoms with Gasteiger partial charge in [0.25, 0.3) is 0 Å². The van der Waals surface area contributed by atoms with E-state index in [4.69, 9.17) is 4.74 Å². The predicted octanol–water partition coefficient (Wildman–Crippen LogP) is 3.14. The number of rotatable bonds is 8. The highest BCUT2D eigenvalue weighted by molar-refractivity contribution is 5.87. The van der Waals surface area contributed by atoms with Crippen LogP contribution in [0.2, 0.25) is 0 Å². The Morgan fingerprint density at radius 2 is 1.69 bits per heavy atom. The van der Waals surface area contributed by atoms with Gasteiger partial charge in [-0.1, -0.05) is 49.4 Å². The molecule has 2 aromatic carbocycles. The molecule has 0 aromatic heterocycles. The summed E-state index contributed by atoms with van der Waals surface area (Å²) in [5.41, 5.74) is 1.98. The van der Waals surface area contributed by atoms with Crippen molar-refractivity contribution in [1.29, 1.82) is 0 Å². The van der Waals surface area contributed by atoms with Crippen LogP contribution in [0, 0.1) is 0 Å². The average molecular weight is 354 g/mol. The van der Waals surface area contributed by atoms with E-state index in [-0.39, 0.29) is 11.8 Å². The molecular formula is C21H26N2O3. The molecular weight excluding hydrogens is 328 g/mol. The Morgan fingerprint density at radius 3 is 2.27 bits per heavy atom. The van der Waals surface area contributed by atoms with Gasteiger partial charge in [-0.15, -0.1) is 0 Å². The van der Waals surface area contributed by atoms with Crippen molar-refractivity contribution in [2.75, 3.05) is 7.11 Å². The zero-order valence-corrected chi connectivity index (χ0v) is 15.6. The standard InChI is InChI=1S/C21H26N2O3/c1-4-20(24)23(15-18-8-6-5-7-9-18)16(2)21(25)22-14-17-10-12-19(26-3)13-11-17/h5-13,16H,4,14-15H2,1-3H3,(H,22,25)/t16-/m1/s1. The molecule has 5 nitrogen and oxygen atoms in total. The fourth-order valence-electron chi connectivity index (χ4n) is 2.65. The number of hydrogen-bond donors (Lipinski definition) is 1. The molecule has 0 aliphatic carbocycles. The van der Waals surface area contributed by atoms with E-state index < -0.39 is 6.04 Å². The van der Waals surface area contributed by atoms with E-state index in [0.29, 0.717) is 19.5 Å². The Balaban J connectivity index is 2.00. The Morgan fingerprint density at radius 1 is 1.04 bits per heavy atom. The Labute approximate surface area is 155 Å². The van der Waals surface area contributed by atoms with E-state index in [2.05, 4.69) is 5.32 Å². The van der Waals surface area contributed by atoms with Crippen LogP contribution < -0.4 is 10.1 Å². The molecule has 0 aliphatic heterocycles. The van der Waals surface area contributed by atoms with E-state index in [1.165, 1.54) is 0 Å². The molecule has 0 fully saturated rings. The molecule has 0 saturated heterocycles. The zero-order valence-electron chi connectivity index (χ0n) is 15.6. The van der Waals surface area contributed by atoms with Crippen LogP contribution in [0.1, 0.15) is 31.4 Å². The molecule has 0 spiro atoms. The van der Waals surface area contributed by atoms with E-state index in [0.717, 1.165) is 16.9 Å². The summed E-state index contributed by atoms with van der Waals surface area (Å²) < 4.78 is 5.13. The molecule has 1 N–H and O–H groups in total. The van der Waals surface area contributed by atoms with Crippen LogP contribution in [-0.2, 0) is 22.7 Å². The third kappa shape index (κ3) is 5.34. The molecule has 0 saturated carbocycles. The monoisotopic (exact) mass is 354 g/mol. The SMILES string of the molecule is CCC(=O)N(Cc1ccccc1)[C@H](C)C(=O)NCc1ccc(OC)cc1. The summed E-state index contributed by atoms with van der Waals surface area (Å²) in [6.07, 6.45) is 0.364. The second-order valence-corrected chi connectivity index (χ2v) is 6.10. The Kier molecular flexibility index (Phi) is 7.21. The second-order valence-electron chi connectivity index (χ2n) is 6.10. The van der Waals surface area contributed by atoms with Crippen LogP contribution in [0.15, 0.2) is 54.6 Å². The minimum Gasteiger partial charge on any atom is -0.497 e. The van der Waals surface area contributed by atoms with E-state index in [9.17, 15) is 9.59 Å². The lowest BCUT2D eigenvalue weighted by molar-refractivity contribution is -0.140. The van der Waals surface area contributed by atoms with Gasteiger partial charge in [-0.3, -0.25) is 9.59 Å². The normalized spacial score (nSPS) is 11.5. The van der Waals surface area contributed by atoms with Crippen molar-refractivity contribution < 1.29 is 14.3 Å². The smallest absolute Gasteiger partial charge is 0.242 e. The summed E-state index contributed by atoms with van der Waals surface area (Å²) in [7, 11) is 1.62. The minimum atomic E-state index is -0.541. The topological polar surface area (TPSA) is 58.6 Å². The van der Waals surface area contributed by atoms with Crippen molar-refractivity contribution in [2.45, 2.75) is 39.4 Å². The van der Waals surface area contributed by atoms with Crippen LogP contribution in [0.5, 0.6) is 5.75 Å². The van der Waals surface area contributed by atoms with Crippen molar-refractivity contribution >= 4 is 11.8 Å². The molecule has 1 atom stereocenters. The van der Waals surface area contributed by atoms with Crippen molar-refractivity contribution in [2.24, 2.45) is 0 Å². The fraction of sp³-hybridized carbons (Fsp3) is 0.333. The number of nitrogens with zero attached hydrogens (tertiary/aromatic N) is 1. The van der Waals surface area contributed by atoms with Crippen LogP contribution in [0.25, 0.3) is 0 Å². The molecule has 2 aromatic rings. The molecule has 0 heterocycles. The number of benzene rings is 2. The lowest BCUT2D eigenvalue weighted by Crippen LogP contribution is -2.47. The number of hydrogen-bond acceptors (Lipinski definition) is 3. The summed E-state index contributed by atoms with van der Waals surface area (Å²) in [6.45, 7) is 4.40. The number of carbonyl (C=O) groups is 2. The Hall–Kier alpha value is -2.82. The Bertz CT molecular complexity index is 714. The molecule has 2 amide bonds. The van der Waals surface area contributed by atoms with Crippen molar-refractivity contribution in [1.82, 2.24) is 10.2 Å². The van der Waals surface area contributed by atoms with E-state index in [1.807, 2.05) is 61.5 Å². The summed E-state index contributed by atoms with van der Waals surface area (Å²) in [6, 6.07) is 16.7. The van der Waals surface area contributed by atoms with Gasteiger partial charge in [-0.25, -0.2) is 0 Å². The lowest BCUT2D eigenvalue weighted by atomic mass is 10.1. The first-order valence-electron chi connectivity index (χ1n) is 8.79. The highest BCUT2D eigenvalue weighted by Crippen LogP contribution is 2.13. The van der Waals surface area contributed by atoms with Crippen molar-refractivity contribution in [3.63, 3.8) is 0 Å². The summed E-state index contributed by atoms with van der Waals surface area (Å²) in [4.78, 5) is 26.5. The van der Waals surface area contributed by atoms with Crippen LogP contribution in [0.3, 0.4) is 0 Å². The second kappa shape index (κ2) is 9.61. The molecule has 0 bridgehead atoms. The molecule has 5 heteroatoms. The van der Waals surface area contributed by atoms with Gasteiger partial charge in [0.1, 0.15) is 11.8 Å². The van der Waals surface area contributed by atoms with Crippen LogP contribution in [-0.4, -0.2) is 29.9 Å². The van der Waals surface area contributed by atoms with Crippen LogP contribution >= 0.6 is 0 Å². The minimum absolute atomic E-state index is 0.0408. The van der Waals surface area contributed by atoms with Gasteiger partial charge >= 0.3 is 0 Å². The summed E-state index contributed by atoms with van der Waals surface area (Å²) in [5.74, 6) is 0.565. The lowest BCUT2D eigenvalue weighted by Gasteiger charge is -2.28. The largest absolute Gasteiger partial charge is 0.497 e. The van der Waals surface area contributed by atoms with Gasteiger partial charge in [-0.05, 0) is 30.2 Å². The van der Waals surface area contributed by atoms with Gasteiger partial charge in [0.05, 0.1) is 7.11 Å². The highest BCUT2D eigenvalue weighted by atomic mass is 16.5. The van der Waals surface area contributed by atoms with Gasteiger partial charge in [0.2, 0.25) is 11.8 Å². The molecule has 0 aliphatic rings. The maximum absolute atomic E-state index is 12.6. The quantitative estimate of drug-likeness (QED) is 0.792. The molecule has 26 heavy (non-hydrogen) atoms. The molecule has 138 valence electrons. The van der Waals surface area contributed by atoms with E-state index >= 15 is 0 Å². The number of amides is 2. The summed E-state index contributed by atoms with van der Waals surface area (Å²) in [5, 5.41) is 2.91. The third-order valence-corrected chi connectivity index (χ3v) is 4.29. The predicted molar refractivity (Wildman–Crippen MR) is 102 cm³/mol. The highest BCUT2D eigenvalue weighted by Gasteiger charge is 2.24. The number of ether oxygens (including phenoxy) is 1. The maximum atomic E-state index is 12.6. The maximum Gasteiger partial charge on any atom is 0.242 e. The van der Waals surface area contributed by atoms with E-state index in [1.54, 1.807) is 18.9 Å². The average Bonchev–Trinajstić information content (AvgIpc) is 2.70. The molecule has 0 radical (unpaired) electrons. The first-order valence-corrected chi connectivity index (χ1v) is 8.79. The number of carbonyl (C=O) groups excluding carboxylic acids is 2. The first-order chi connectivity index (χ1) is 12.5. The van der Waals surface area contributed by atoms with Crippen molar-refractivity contribution in [3.05, 3.63) is 65.7 Å². The van der Waals surface area contributed by atoms with Gasteiger partial charge in [0, 0.05) is 19.5 Å². The van der Waals surface area contributed by atoms with Crippen molar-refractivity contribution in [3.8, 4) is 5.75 Å². The fourth-order valence-corrected chi connectivity index (χ4v) is 2.65. The summed E-state index contributed by atoms with van der Waals surface area (Å²) >= 11 is 0. The van der Waals surface area contributed by atoms with Gasteiger partial charge in [-0.2, -0.15) is 0 Å². The van der Waals surface area contributed by atoms with Gasteiger partial charge in [0.15, 0.2) is 0 Å². The molecule has 0 unspecified atom stereocenters. The third-order valence-electron chi connectivity index (χ3n) is 4.29. The van der Waals surface area contributed by atoms with Crippen LogP contribution in [0.4, 0.5) is 0 Å². The number of methoxy groups -OCH3 is 1. The molecule has 2 rings (SSSR count).